The third-order valence-corrected chi connectivity index (χ3v) is 5.06. The van der Waals surface area contributed by atoms with Gasteiger partial charge in [-0.25, -0.2) is 13.2 Å². The summed E-state index contributed by atoms with van der Waals surface area (Å²) in [7, 11) is -3.86. The number of carboxylic acids is 1. The topological polar surface area (TPSA) is 71.4 Å². The number of benzene rings is 2. The van der Waals surface area contributed by atoms with Crippen molar-refractivity contribution in [2.45, 2.75) is 16.7 Å². The Bertz CT molecular complexity index is 782. The minimum Gasteiger partial charge on any atom is -0.478 e. The fraction of sp³-hybridized carbons (Fsp3) is 0.0714. The van der Waals surface area contributed by atoms with Gasteiger partial charge in [-0.1, -0.05) is 28.1 Å². The fourth-order valence-corrected chi connectivity index (χ4v) is 3.71. The maximum Gasteiger partial charge on any atom is 0.337 e. The van der Waals surface area contributed by atoms with E-state index in [0.717, 1.165) is 5.56 Å². The number of hydrogen-bond acceptors (Lipinski definition) is 3. The van der Waals surface area contributed by atoms with Crippen molar-refractivity contribution in [3.8, 4) is 0 Å². The number of aryl methyl sites for hydroxylation is 1. The van der Waals surface area contributed by atoms with Gasteiger partial charge in [0.25, 0.3) is 0 Å². The molecular formula is C14H11BrO4S. The Morgan fingerprint density at radius 1 is 1.15 bits per heavy atom. The van der Waals surface area contributed by atoms with E-state index in [1.807, 2.05) is 0 Å². The lowest BCUT2D eigenvalue weighted by molar-refractivity contribution is 0.0692. The number of sulfone groups is 1. The Morgan fingerprint density at radius 3 is 2.45 bits per heavy atom. The van der Waals surface area contributed by atoms with Crippen molar-refractivity contribution in [3.05, 3.63) is 58.1 Å². The van der Waals surface area contributed by atoms with Crippen LogP contribution >= 0.6 is 15.9 Å². The number of carboxylic acid groups (broad SMARTS) is 1. The molecule has 0 radical (unpaired) electrons. The van der Waals surface area contributed by atoms with Gasteiger partial charge in [0.1, 0.15) is 0 Å². The molecule has 2 aromatic carbocycles. The average molecular weight is 355 g/mol. The van der Waals surface area contributed by atoms with Crippen molar-refractivity contribution in [2.75, 3.05) is 0 Å². The van der Waals surface area contributed by atoms with Gasteiger partial charge in [-0.15, -0.1) is 0 Å². The van der Waals surface area contributed by atoms with E-state index >= 15 is 0 Å². The lowest BCUT2D eigenvalue weighted by atomic mass is 10.2. The molecule has 0 fully saturated rings. The molecule has 0 aliphatic heterocycles. The van der Waals surface area contributed by atoms with E-state index in [1.54, 1.807) is 19.1 Å². The number of carbonyl (C=O) groups is 1. The monoisotopic (exact) mass is 354 g/mol. The van der Waals surface area contributed by atoms with Crippen LogP contribution in [0.15, 0.2) is 56.7 Å². The first-order valence-electron chi connectivity index (χ1n) is 5.67. The quantitative estimate of drug-likeness (QED) is 0.917. The summed E-state index contributed by atoms with van der Waals surface area (Å²) in [6.07, 6.45) is 0. The van der Waals surface area contributed by atoms with E-state index < -0.39 is 15.8 Å². The molecule has 4 nitrogen and oxygen atoms in total. The molecule has 2 aromatic rings. The van der Waals surface area contributed by atoms with Crippen LogP contribution in [0.25, 0.3) is 0 Å². The molecule has 0 aliphatic carbocycles. The van der Waals surface area contributed by atoms with Crippen molar-refractivity contribution < 1.29 is 18.3 Å². The summed E-state index contributed by atoms with van der Waals surface area (Å²) in [4.78, 5) is 11.1. The first-order chi connectivity index (χ1) is 9.32. The van der Waals surface area contributed by atoms with E-state index in [2.05, 4.69) is 15.9 Å². The fourth-order valence-electron chi connectivity index (χ4n) is 1.81. The normalized spacial score (nSPS) is 11.3. The molecular weight excluding hydrogens is 344 g/mol. The number of halogens is 1. The molecule has 0 heterocycles. The Kier molecular flexibility index (Phi) is 3.96. The molecule has 20 heavy (non-hydrogen) atoms. The van der Waals surface area contributed by atoms with Crippen LogP contribution in [0, 0.1) is 6.92 Å². The smallest absolute Gasteiger partial charge is 0.337 e. The highest BCUT2D eigenvalue weighted by Gasteiger charge is 2.24. The van der Waals surface area contributed by atoms with Crippen LogP contribution in [-0.4, -0.2) is 19.5 Å². The maximum atomic E-state index is 12.5. The molecule has 0 aliphatic rings. The zero-order chi connectivity index (χ0) is 14.9. The van der Waals surface area contributed by atoms with Gasteiger partial charge in [0.15, 0.2) is 0 Å². The third kappa shape index (κ3) is 2.76. The predicted molar refractivity (Wildman–Crippen MR) is 77.7 cm³/mol. The number of rotatable bonds is 3. The first kappa shape index (κ1) is 14.7. The molecule has 0 aromatic heterocycles. The van der Waals surface area contributed by atoms with E-state index in [4.69, 9.17) is 5.11 Å². The highest BCUT2D eigenvalue weighted by atomic mass is 79.9. The lowest BCUT2D eigenvalue weighted by Crippen LogP contribution is -2.09. The zero-order valence-corrected chi connectivity index (χ0v) is 12.9. The van der Waals surface area contributed by atoms with Crippen molar-refractivity contribution in [1.29, 1.82) is 0 Å². The Hall–Kier alpha value is -1.66. The maximum absolute atomic E-state index is 12.5. The Labute approximate surface area is 125 Å². The highest BCUT2D eigenvalue weighted by Crippen LogP contribution is 2.27. The van der Waals surface area contributed by atoms with Crippen LogP contribution in [0.3, 0.4) is 0 Å². The third-order valence-electron chi connectivity index (χ3n) is 2.76. The molecule has 0 spiro atoms. The number of aromatic carboxylic acids is 1. The van der Waals surface area contributed by atoms with Gasteiger partial charge >= 0.3 is 5.97 Å². The summed E-state index contributed by atoms with van der Waals surface area (Å²) in [6, 6.07) is 10.5. The zero-order valence-electron chi connectivity index (χ0n) is 10.5. The van der Waals surface area contributed by atoms with Crippen molar-refractivity contribution in [2.24, 2.45) is 0 Å². The Morgan fingerprint density at radius 2 is 1.85 bits per heavy atom. The average Bonchev–Trinajstić information content (AvgIpc) is 2.38. The SMILES string of the molecule is Cc1cccc(S(=O)(=O)c2ccc(Br)cc2C(=O)O)c1. The molecule has 104 valence electrons. The van der Waals surface area contributed by atoms with Crippen LogP contribution in [0.4, 0.5) is 0 Å². The van der Waals surface area contributed by atoms with E-state index in [9.17, 15) is 13.2 Å². The molecule has 0 bridgehead atoms. The number of hydrogen-bond donors (Lipinski definition) is 1. The molecule has 0 unspecified atom stereocenters. The molecule has 2 rings (SSSR count). The van der Waals surface area contributed by atoms with Gasteiger partial charge in [-0.3, -0.25) is 0 Å². The molecule has 0 saturated carbocycles. The van der Waals surface area contributed by atoms with E-state index in [-0.39, 0.29) is 15.4 Å². The van der Waals surface area contributed by atoms with Gasteiger partial charge in [0.05, 0.1) is 15.4 Å². The van der Waals surface area contributed by atoms with Crippen molar-refractivity contribution >= 4 is 31.7 Å². The van der Waals surface area contributed by atoms with E-state index in [1.165, 1.54) is 30.3 Å². The van der Waals surface area contributed by atoms with Gasteiger partial charge in [-0.2, -0.15) is 0 Å². The van der Waals surface area contributed by atoms with Crippen LogP contribution < -0.4 is 0 Å². The summed E-state index contributed by atoms with van der Waals surface area (Å²) in [6.45, 7) is 1.78. The molecule has 0 saturated heterocycles. The van der Waals surface area contributed by atoms with Crippen LogP contribution in [0.5, 0.6) is 0 Å². The minimum absolute atomic E-state index is 0.0855. The summed E-state index contributed by atoms with van der Waals surface area (Å²) < 4.78 is 25.6. The first-order valence-corrected chi connectivity index (χ1v) is 7.94. The second kappa shape index (κ2) is 5.38. The molecule has 6 heteroatoms. The Balaban J connectivity index is 2.70. The predicted octanol–water partition coefficient (Wildman–Crippen LogP) is 3.29. The second-order valence-corrected chi connectivity index (χ2v) is 7.10. The highest BCUT2D eigenvalue weighted by molar-refractivity contribution is 9.10. The largest absolute Gasteiger partial charge is 0.478 e. The van der Waals surface area contributed by atoms with Gasteiger partial charge in [0, 0.05) is 4.47 Å². The summed E-state index contributed by atoms with van der Waals surface area (Å²) in [5.74, 6) is -1.28. The lowest BCUT2D eigenvalue weighted by Gasteiger charge is -2.09. The van der Waals surface area contributed by atoms with Crippen LogP contribution in [0.2, 0.25) is 0 Å². The van der Waals surface area contributed by atoms with Gasteiger partial charge in [0.2, 0.25) is 9.84 Å². The second-order valence-electron chi connectivity index (χ2n) is 4.27. The molecule has 0 amide bonds. The van der Waals surface area contributed by atoms with E-state index in [0.29, 0.717) is 4.47 Å². The standard InChI is InChI=1S/C14H11BrO4S/c1-9-3-2-4-11(7-9)20(18,19)13-6-5-10(15)8-12(13)14(16)17/h2-8H,1H3,(H,16,17). The molecule has 0 atom stereocenters. The van der Waals surface area contributed by atoms with Crippen molar-refractivity contribution in [1.82, 2.24) is 0 Å². The van der Waals surface area contributed by atoms with Gasteiger partial charge < -0.3 is 5.11 Å². The summed E-state index contributed by atoms with van der Waals surface area (Å²) in [5, 5.41) is 9.17. The van der Waals surface area contributed by atoms with Gasteiger partial charge in [-0.05, 0) is 42.8 Å². The van der Waals surface area contributed by atoms with Crippen LogP contribution in [0.1, 0.15) is 15.9 Å². The summed E-state index contributed by atoms with van der Waals surface area (Å²) >= 11 is 3.14. The summed E-state index contributed by atoms with van der Waals surface area (Å²) in [5.41, 5.74) is 0.543. The van der Waals surface area contributed by atoms with Crippen molar-refractivity contribution in [3.63, 3.8) is 0 Å². The molecule has 1 N–H and O–H groups in total. The minimum atomic E-state index is -3.86. The van der Waals surface area contributed by atoms with Crippen LogP contribution in [-0.2, 0) is 9.84 Å².